The number of carbonyl (C=O) groups is 2. The molecule has 2 heterocycles. The Hall–Kier alpha value is -0.0400. The van der Waals surface area contributed by atoms with Gasteiger partial charge < -0.3 is 0 Å². The van der Waals surface area contributed by atoms with E-state index in [0.717, 1.165) is 30.9 Å². The molecule has 0 fully saturated rings. The third-order valence-corrected chi connectivity index (χ3v) is 6.77. The first-order valence-corrected chi connectivity index (χ1v) is 6.71. The van der Waals surface area contributed by atoms with Crippen molar-refractivity contribution in [3.05, 3.63) is 18.7 Å². The van der Waals surface area contributed by atoms with Crippen LogP contribution in [0.25, 0.3) is 9.40 Å². The quantitative estimate of drug-likeness (QED) is 0.761. The van der Waals surface area contributed by atoms with Crippen molar-refractivity contribution < 1.29 is 9.59 Å². The molecule has 6 heteroatoms. The number of rotatable bonds is 2. The van der Waals surface area contributed by atoms with E-state index >= 15 is 0 Å². The maximum absolute atomic E-state index is 10.7. The molecule has 0 radical (unpaired) electrons. The predicted molar refractivity (Wildman–Crippen MR) is 65.9 cm³/mol. The highest BCUT2D eigenvalue weighted by Gasteiger charge is 2.17. The Labute approximate surface area is 104 Å². The molecule has 0 aromatic carbocycles. The summed E-state index contributed by atoms with van der Waals surface area (Å²) in [5.74, 6) is 0. The van der Waals surface area contributed by atoms with E-state index in [4.69, 9.17) is 0 Å². The van der Waals surface area contributed by atoms with Crippen molar-refractivity contribution in [3.63, 3.8) is 0 Å². The number of fused-ring (bicyclic) bond motifs is 1. The molecule has 0 amide bonds. The lowest BCUT2D eigenvalue weighted by Crippen LogP contribution is -1.71. The Morgan fingerprint density at radius 3 is 1.50 bits per heavy atom. The highest BCUT2D eigenvalue weighted by molar-refractivity contribution is 9.11. The summed E-state index contributed by atoms with van der Waals surface area (Å²) in [6.45, 7) is 0. The molecule has 0 saturated carbocycles. The Morgan fingerprint density at radius 1 is 0.857 bits per heavy atom. The number of thiophene rings is 2. The Bertz CT molecular complexity index is 479. The van der Waals surface area contributed by atoms with Gasteiger partial charge in [0, 0.05) is 0 Å². The lowest BCUT2D eigenvalue weighted by Gasteiger charge is -1.84. The normalized spacial score (nSPS) is 10.7. The Balaban J connectivity index is 2.85. The van der Waals surface area contributed by atoms with Crippen molar-refractivity contribution in [1.29, 1.82) is 0 Å². The molecule has 2 rings (SSSR count). The fourth-order valence-electron chi connectivity index (χ4n) is 1.07. The van der Waals surface area contributed by atoms with Crippen molar-refractivity contribution in [2.24, 2.45) is 0 Å². The fraction of sp³-hybridized carbons (Fsp3) is 0. The monoisotopic (exact) mass is 352 g/mol. The zero-order valence-corrected chi connectivity index (χ0v) is 11.3. The Kier molecular flexibility index (Phi) is 2.88. The number of halogens is 2. The topological polar surface area (TPSA) is 34.1 Å². The van der Waals surface area contributed by atoms with E-state index in [1.54, 1.807) is 0 Å². The van der Waals surface area contributed by atoms with Gasteiger partial charge in [-0.3, -0.25) is 9.59 Å². The highest BCUT2D eigenvalue weighted by Crippen LogP contribution is 2.45. The van der Waals surface area contributed by atoms with Gasteiger partial charge in [-0.1, -0.05) is 0 Å². The molecule has 2 aromatic heterocycles. The van der Waals surface area contributed by atoms with Gasteiger partial charge in [-0.05, 0) is 31.9 Å². The van der Waals surface area contributed by atoms with Crippen LogP contribution in [-0.2, 0) is 0 Å². The van der Waals surface area contributed by atoms with Crippen LogP contribution in [0.2, 0.25) is 0 Å². The van der Waals surface area contributed by atoms with Gasteiger partial charge in [0.1, 0.15) is 0 Å². The van der Waals surface area contributed by atoms with Crippen LogP contribution in [0.3, 0.4) is 0 Å². The summed E-state index contributed by atoms with van der Waals surface area (Å²) in [5.41, 5.74) is 0. The summed E-state index contributed by atoms with van der Waals surface area (Å²) in [6, 6.07) is 0. The molecule has 0 aliphatic heterocycles. The van der Waals surface area contributed by atoms with E-state index in [1.165, 1.54) is 22.7 Å². The van der Waals surface area contributed by atoms with E-state index in [-0.39, 0.29) is 0 Å². The number of hydrogen-bond acceptors (Lipinski definition) is 4. The van der Waals surface area contributed by atoms with E-state index in [1.807, 2.05) is 0 Å². The van der Waals surface area contributed by atoms with E-state index < -0.39 is 0 Å². The zero-order valence-electron chi connectivity index (χ0n) is 6.54. The zero-order chi connectivity index (χ0) is 10.3. The maximum Gasteiger partial charge on any atom is 0.161 e. The molecule has 0 unspecified atom stereocenters. The van der Waals surface area contributed by atoms with Crippen LogP contribution in [0, 0.1) is 0 Å². The summed E-state index contributed by atoms with van der Waals surface area (Å²) in [6.07, 6.45) is 1.63. The minimum atomic E-state index is 0.657. The van der Waals surface area contributed by atoms with Gasteiger partial charge in [0.05, 0.1) is 28.1 Å². The molecule has 0 aliphatic carbocycles. The lowest BCUT2D eigenvalue weighted by atomic mass is 10.4. The number of aldehydes is 2. The van der Waals surface area contributed by atoms with E-state index in [9.17, 15) is 9.59 Å². The second-order valence-electron chi connectivity index (χ2n) is 2.45. The van der Waals surface area contributed by atoms with Crippen molar-refractivity contribution in [3.8, 4) is 0 Å². The molecule has 0 N–H and O–H groups in total. The summed E-state index contributed by atoms with van der Waals surface area (Å²) in [5, 5.41) is 0. The maximum atomic E-state index is 10.7. The molecular formula is C8H2Br2O2S2. The third kappa shape index (κ3) is 1.41. The minimum Gasteiger partial charge on any atom is -0.297 e. The molecule has 0 atom stereocenters. The van der Waals surface area contributed by atoms with Crippen LogP contribution in [0.15, 0.2) is 8.95 Å². The molecule has 0 aliphatic rings. The van der Waals surface area contributed by atoms with Gasteiger partial charge in [0.25, 0.3) is 0 Å². The molecule has 2 aromatic rings. The average molecular weight is 354 g/mol. The molecule has 14 heavy (non-hydrogen) atoms. The highest BCUT2D eigenvalue weighted by atomic mass is 79.9. The predicted octanol–water partition coefficient (Wildman–Crippen LogP) is 4.11. The molecular weight excluding hydrogens is 352 g/mol. The van der Waals surface area contributed by atoms with Gasteiger partial charge in [0.2, 0.25) is 0 Å². The van der Waals surface area contributed by atoms with Gasteiger partial charge in [-0.15, -0.1) is 22.7 Å². The van der Waals surface area contributed by atoms with Gasteiger partial charge in [0.15, 0.2) is 12.6 Å². The lowest BCUT2D eigenvalue weighted by molar-refractivity contribution is 0.111. The van der Waals surface area contributed by atoms with Crippen molar-refractivity contribution in [1.82, 2.24) is 0 Å². The van der Waals surface area contributed by atoms with Gasteiger partial charge >= 0.3 is 0 Å². The molecule has 0 spiro atoms. The van der Waals surface area contributed by atoms with Gasteiger partial charge in [-0.25, -0.2) is 0 Å². The first-order chi connectivity index (χ1) is 6.69. The van der Waals surface area contributed by atoms with Crippen LogP contribution >= 0.6 is 54.5 Å². The van der Waals surface area contributed by atoms with E-state index in [2.05, 4.69) is 31.9 Å². The minimum absolute atomic E-state index is 0.657. The van der Waals surface area contributed by atoms with Crippen molar-refractivity contribution in [2.45, 2.75) is 0 Å². The second kappa shape index (κ2) is 3.84. The second-order valence-corrected chi connectivity index (χ2v) is 6.14. The molecule has 0 bridgehead atoms. The van der Waals surface area contributed by atoms with Crippen LogP contribution in [0.1, 0.15) is 19.3 Å². The fourth-order valence-corrected chi connectivity index (χ4v) is 4.97. The summed E-state index contributed by atoms with van der Waals surface area (Å²) in [4.78, 5) is 22.6. The van der Waals surface area contributed by atoms with Crippen LogP contribution in [0.4, 0.5) is 0 Å². The summed E-state index contributed by atoms with van der Waals surface area (Å²) < 4.78 is 3.47. The van der Waals surface area contributed by atoms with Crippen LogP contribution < -0.4 is 0 Å². The van der Waals surface area contributed by atoms with Crippen molar-refractivity contribution >= 4 is 76.5 Å². The Morgan fingerprint density at radius 2 is 1.21 bits per heavy atom. The van der Waals surface area contributed by atoms with Crippen LogP contribution in [-0.4, -0.2) is 12.6 Å². The molecule has 0 saturated heterocycles. The largest absolute Gasteiger partial charge is 0.297 e. The van der Waals surface area contributed by atoms with E-state index in [0.29, 0.717) is 9.75 Å². The first-order valence-electron chi connectivity index (χ1n) is 3.49. The SMILES string of the molecule is O=Cc1sc2c(Br)c(C=O)sc2c1Br. The number of carbonyl (C=O) groups excluding carboxylic acids is 2. The van der Waals surface area contributed by atoms with Crippen molar-refractivity contribution in [2.75, 3.05) is 0 Å². The standard InChI is InChI=1S/C8H2Br2O2S2/c9-5-3(1-11)13-8-6(10)4(2-12)14-7(5)8/h1-2H. The smallest absolute Gasteiger partial charge is 0.161 e. The summed E-state index contributed by atoms with van der Waals surface area (Å²) >= 11 is 9.44. The summed E-state index contributed by atoms with van der Waals surface area (Å²) in [7, 11) is 0. The number of hydrogen-bond donors (Lipinski definition) is 0. The average Bonchev–Trinajstić information content (AvgIpc) is 2.66. The molecule has 72 valence electrons. The third-order valence-electron chi connectivity index (χ3n) is 1.68. The molecule has 2 nitrogen and oxygen atoms in total. The van der Waals surface area contributed by atoms with Crippen LogP contribution in [0.5, 0.6) is 0 Å². The van der Waals surface area contributed by atoms with Gasteiger partial charge in [-0.2, -0.15) is 0 Å². The first kappa shape index (κ1) is 10.5.